The minimum atomic E-state index is 1.15. The minimum absolute atomic E-state index is 1.15. The van der Waals surface area contributed by atoms with E-state index in [1.807, 2.05) is 0 Å². The Labute approximate surface area is 105 Å². The molecule has 0 spiro atoms. The van der Waals surface area contributed by atoms with Crippen molar-refractivity contribution in [3.8, 4) is 0 Å². The van der Waals surface area contributed by atoms with Crippen LogP contribution >= 0.6 is 0 Å². The highest BCUT2D eigenvalue weighted by atomic mass is 14.1. The normalized spacial score (nSPS) is 11.0. The summed E-state index contributed by atoms with van der Waals surface area (Å²) in [5, 5.41) is 2.86. The molecule has 0 atom stereocenters. The lowest BCUT2D eigenvalue weighted by atomic mass is 9.90. The molecule has 0 bridgehead atoms. The average molecular weight is 226 g/mol. The summed E-state index contributed by atoms with van der Waals surface area (Å²) in [5.74, 6) is 0. The van der Waals surface area contributed by atoms with Gasteiger partial charge >= 0.3 is 0 Å². The van der Waals surface area contributed by atoms with Crippen molar-refractivity contribution in [1.29, 1.82) is 0 Å². The second-order valence-corrected chi connectivity index (χ2v) is 4.83. The van der Waals surface area contributed by atoms with Crippen molar-refractivity contribution >= 4 is 10.8 Å². The summed E-state index contributed by atoms with van der Waals surface area (Å²) in [6.07, 6.45) is 4.93. The van der Waals surface area contributed by atoms with E-state index in [0.29, 0.717) is 0 Å². The average Bonchev–Trinajstić information content (AvgIpc) is 2.35. The van der Waals surface area contributed by atoms with Gasteiger partial charge in [-0.15, -0.1) is 0 Å². The first-order valence-electron chi connectivity index (χ1n) is 6.78. The fourth-order valence-electron chi connectivity index (χ4n) is 2.75. The second kappa shape index (κ2) is 5.35. The zero-order valence-corrected chi connectivity index (χ0v) is 11.2. The first-order chi connectivity index (χ1) is 8.27. The third-order valence-corrected chi connectivity index (χ3v) is 3.63. The van der Waals surface area contributed by atoms with Crippen LogP contribution in [0, 0.1) is 6.92 Å². The van der Waals surface area contributed by atoms with E-state index in [2.05, 4.69) is 51.1 Å². The molecule has 0 saturated heterocycles. The predicted octanol–water partition coefficient (Wildman–Crippen LogP) is 5.05. The summed E-state index contributed by atoms with van der Waals surface area (Å²) in [4.78, 5) is 0. The van der Waals surface area contributed by atoms with Gasteiger partial charge in [-0.3, -0.25) is 0 Å². The lowest BCUT2D eigenvalue weighted by Crippen LogP contribution is -1.98. The van der Waals surface area contributed by atoms with Gasteiger partial charge in [0.2, 0.25) is 0 Å². The molecule has 0 heteroatoms. The topological polar surface area (TPSA) is 0 Å². The van der Waals surface area contributed by atoms with Gasteiger partial charge in [-0.1, -0.05) is 50.6 Å². The van der Waals surface area contributed by atoms with Crippen LogP contribution in [0.1, 0.15) is 43.4 Å². The van der Waals surface area contributed by atoms with E-state index >= 15 is 0 Å². The first kappa shape index (κ1) is 12.2. The molecular weight excluding hydrogens is 204 g/mol. The van der Waals surface area contributed by atoms with E-state index in [-0.39, 0.29) is 0 Å². The summed E-state index contributed by atoms with van der Waals surface area (Å²) in [6.45, 7) is 6.79. The highest BCUT2D eigenvalue weighted by molar-refractivity contribution is 5.87. The Bertz CT molecular complexity index is 509. The Morgan fingerprint density at radius 1 is 1.00 bits per heavy atom. The molecule has 0 aliphatic carbocycles. The SMILES string of the molecule is CCCCc1c(CC)c(C)cc2ccccc12. The van der Waals surface area contributed by atoms with Gasteiger partial charge in [0, 0.05) is 0 Å². The molecule has 17 heavy (non-hydrogen) atoms. The Morgan fingerprint density at radius 2 is 1.76 bits per heavy atom. The fourth-order valence-corrected chi connectivity index (χ4v) is 2.75. The van der Waals surface area contributed by atoms with Crippen LogP contribution < -0.4 is 0 Å². The van der Waals surface area contributed by atoms with E-state index in [1.54, 1.807) is 11.1 Å². The van der Waals surface area contributed by atoms with Crippen LogP contribution in [0.2, 0.25) is 0 Å². The fraction of sp³-hybridized carbons (Fsp3) is 0.412. The molecule has 2 aromatic rings. The standard InChI is InChI=1S/C17H22/c1-4-6-10-17-15(5-2)13(3)12-14-9-7-8-11-16(14)17/h7-9,11-12H,4-6,10H2,1-3H3. The van der Waals surface area contributed by atoms with Crippen molar-refractivity contribution < 1.29 is 0 Å². The number of aryl methyl sites for hydroxylation is 2. The maximum Gasteiger partial charge on any atom is -0.0149 e. The van der Waals surface area contributed by atoms with Crippen molar-refractivity contribution in [3.63, 3.8) is 0 Å². The first-order valence-corrected chi connectivity index (χ1v) is 6.78. The Morgan fingerprint density at radius 3 is 2.47 bits per heavy atom. The number of benzene rings is 2. The Balaban J connectivity index is 2.63. The summed E-state index contributed by atoms with van der Waals surface area (Å²) in [7, 11) is 0. The van der Waals surface area contributed by atoms with Crippen LogP contribution in [-0.4, -0.2) is 0 Å². The van der Waals surface area contributed by atoms with Gasteiger partial charge < -0.3 is 0 Å². The smallest absolute Gasteiger partial charge is 0.0149 e. The molecule has 90 valence electrons. The van der Waals surface area contributed by atoms with E-state index in [1.165, 1.54) is 35.6 Å². The molecule has 0 nitrogen and oxygen atoms in total. The summed E-state index contributed by atoms with van der Waals surface area (Å²) >= 11 is 0. The van der Waals surface area contributed by atoms with Gasteiger partial charge in [0.15, 0.2) is 0 Å². The molecule has 0 aliphatic heterocycles. The van der Waals surface area contributed by atoms with E-state index < -0.39 is 0 Å². The molecule has 2 aromatic carbocycles. The molecule has 0 radical (unpaired) electrons. The molecule has 0 amide bonds. The van der Waals surface area contributed by atoms with Crippen molar-refractivity contribution in [2.24, 2.45) is 0 Å². The van der Waals surface area contributed by atoms with E-state index in [9.17, 15) is 0 Å². The summed E-state index contributed by atoms with van der Waals surface area (Å²) in [5.41, 5.74) is 4.61. The lowest BCUT2D eigenvalue weighted by Gasteiger charge is -2.15. The maximum atomic E-state index is 2.34. The number of hydrogen-bond donors (Lipinski definition) is 0. The van der Waals surface area contributed by atoms with Crippen LogP contribution in [0.4, 0.5) is 0 Å². The van der Waals surface area contributed by atoms with Crippen molar-refractivity contribution in [1.82, 2.24) is 0 Å². The highest BCUT2D eigenvalue weighted by Crippen LogP contribution is 2.27. The van der Waals surface area contributed by atoms with Crippen LogP contribution in [0.25, 0.3) is 10.8 Å². The lowest BCUT2D eigenvalue weighted by molar-refractivity contribution is 0.790. The molecule has 0 N–H and O–H groups in total. The predicted molar refractivity (Wildman–Crippen MR) is 76.7 cm³/mol. The third-order valence-electron chi connectivity index (χ3n) is 3.63. The van der Waals surface area contributed by atoms with Crippen molar-refractivity contribution in [2.75, 3.05) is 0 Å². The zero-order valence-electron chi connectivity index (χ0n) is 11.2. The molecule has 2 rings (SSSR count). The Hall–Kier alpha value is -1.30. The van der Waals surface area contributed by atoms with Crippen LogP contribution in [0.5, 0.6) is 0 Å². The maximum absolute atomic E-state index is 2.34. The molecule has 0 heterocycles. The third kappa shape index (κ3) is 2.36. The Kier molecular flexibility index (Phi) is 3.83. The number of rotatable bonds is 4. The summed E-state index contributed by atoms with van der Waals surface area (Å²) in [6, 6.07) is 11.1. The van der Waals surface area contributed by atoms with Crippen LogP contribution in [-0.2, 0) is 12.8 Å². The van der Waals surface area contributed by atoms with Gasteiger partial charge in [-0.05, 0) is 53.6 Å². The van der Waals surface area contributed by atoms with Crippen molar-refractivity contribution in [2.45, 2.75) is 46.5 Å². The minimum Gasteiger partial charge on any atom is -0.0654 e. The second-order valence-electron chi connectivity index (χ2n) is 4.83. The van der Waals surface area contributed by atoms with E-state index in [0.717, 1.165) is 6.42 Å². The molecule has 0 unspecified atom stereocenters. The number of hydrogen-bond acceptors (Lipinski definition) is 0. The molecule has 0 saturated carbocycles. The molecule has 0 aliphatic rings. The monoisotopic (exact) mass is 226 g/mol. The molecule has 0 fully saturated rings. The van der Waals surface area contributed by atoms with Gasteiger partial charge in [0.1, 0.15) is 0 Å². The van der Waals surface area contributed by atoms with Gasteiger partial charge in [0.25, 0.3) is 0 Å². The van der Waals surface area contributed by atoms with Crippen molar-refractivity contribution in [3.05, 3.63) is 47.0 Å². The summed E-state index contributed by atoms with van der Waals surface area (Å²) < 4.78 is 0. The van der Waals surface area contributed by atoms with Crippen LogP contribution in [0.3, 0.4) is 0 Å². The van der Waals surface area contributed by atoms with Crippen LogP contribution in [0.15, 0.2) is 30.3 Å². The largest absolute Gasteiger partial charge is 0.0654 e. The highest BCUT2D eigenvalue weighted by Gasteiger charge is 2.08. The number of fused-ring (bicyclic) bond motifs is 1. The molecular formula is C17H22. The van der Waals surface area contributed by atoms with E-state index in [4.69, 9.17) is 0 Å². The van der Waals surface area contributed by atoms with Gasteiger partial charge in [-0.2, -0.15) is 0 Å². The van der Waals surface area contributed by atoms with Gasteiger partial charge in [-0.25, -0.2) is 0 Å². The number of unbranched alkanes of at least 4 members (excludes halogenated alkanes) is 1. The zero-order chi connectivity index (χ0) is 12.3. The quantitative estimate of drug-likeness (QED) is 0.684. The molecule has 0 aromatic heterocycles. The van der Waals surface area contributed by atoms with Gasteiger partial charge in [0.05, 0.1) is 0 Å².